The van der Waals surface area contributed by atoms with Gasteiger partial charge in [0.2, 0.25) is 0 Å². The summed E-state index contributed by atoms with van der Waals surface area (Å²) < 4.78 is 23.0. The highest BCUT2D eigenvalue weighted by molar-refractivity contribution is 6.04. The molecule has 16 nitrogen and oxygen atoms in total. The Morgan fingerprint density at radius 3 is 1.95 bits per heavy atom. The predicted octanol–water partition coefficient (Wildman–Crippen LogP) is 4.61. The van der Waals surface area contributed by atoms with Crippen LogP contribution in [0.1, 0.15) is 106 Å². The van der Waals surface area contributed by atoms with Crippen LogP contribution in [0.4, 0.5) is 4.79 Å². The molecular formula is C48H69N7O9. The van der Waals surface area contributed by atoms with Gasteiger partial charge in [0.1, 0.15) is 18.0 Å². The monoisotopic (exact) mass is 888 g/mol. The molecule has 0 aliphatic carbocycles. The van der Waals surface area contributed by atoms with Gasteiger partial charge in [-0.25, -0.2) is 4.79 Å². The third kappa shape index (κ3) is 18.3. The van der Waals surface area contributed by atoms with Gasteiger partial charge in [-0.3, -0.25) is 24.1 Å². The first-order valence-electron chi connectivity index (χ1n) is 22.5. The van der Waals surface area contributed by atoms with Gasteiger partial charge in [0.15, 0.2) is 0 Å². The van der Waals surface area contributed by atoms with Gasteiger partial charge in [-0.1, -0.05) is 49.4 Å². The highest BCUT2D eigenvalue weighted by atomic mass is 16.6. The average Bonchev–Trinajstić information content (AvgIpc) is 3.26. The normalized spacial score (nSPS) is 16.4. The molecule has 0 saturated carbocycles. The molecule has 16 heteroatoms. The van der Waals surface area contributed by atoms with Crippen molar-refractivity contribution < 1.29 is 42.9 Å². The van der Waals surface area contributed by atoms with E-state index >= 15 is 0 Å². The highest BCUT2D eigenvalue weighted by Gasteiger charge is 2.24. The summed E-state index contributed by atoms with van der Waals surface area (Å²) in [4.78, 5) is 69.3. The molecule has 6 N–H and O–H groups in total. The number of carbonyl (C=O) groups is 5. The van der Waals surface area contributed by atoms with E-state index in [1.54, 1.807) is 64.1 Å². The fourth-order valence-electron chi connectivity index (χ4n) is 6.89. The largest absolute Gasteiger partial charge is 0.487 e. The summed E-state index contributed by atoms with van der Waals surface area (Å²) in [6.45, 7) is 14.8. The molecule has 1 aliphatic rings. The minimum absolute atomic E-state index is 0.124. The van der Waals surface area contributed by atoms with E-state index in [1.807, 2.05) is 37.3 Å². The van der Waals surface area contributed by atoms with Crippen molar-refractivity contribution in [1.82, 2.24) is 36.8 Å². The van der Waals surface area contributed by atoms with Gasteiger partial charge in [-0.15, -0.1) is 0 Å². The number of hydrogen-bond acceptors (Lipinski definition) is 11. The minimum atomic E-state index is -0.612. The molecule has 1 heterocycles. The molecule has 5 amide bonds. The van der Waals surface area contributed by atoms with E-state index in [-0.39, 0.29) is 54.4 Å². The Morgan fingerprint density at radius 1 is 0.719 bits per heavy atom. The number of unbranched alkanes of at least 4 members (excludes halogenated alkanes) is 1. The number of para-hydroxylation sites is 1. The van der Waals surface area contributed by atoms with E-state index < -0.39 is 23.5 Å². The summed E-state index contributed by atoms with van der Waals surface area (Å²) in [5.74, 6) is -1.26. The molecule has 3 aromatic rings. The van der Waals surface area contributed by atoms with Gasteiger partial charge >= 0.3 is 6.09 Å². The summed E-state index contributed by atoms with van der Waals surface area (Å²) in [6.07, 6.45) is 2.30. The van der Waals surface area contributed by atoms with Crippen molar-refractivity contribution in [3.63, 3.8) is 0 Å². The van der Waals surface area contributed by atoms with Crippen LogP contribution in [-0.2, 0) is 20.8 Å². The molecule has 0 aromatic heterocycles. The molecule has 350 valence electrons. The van der Waals surface area contributed by atoms with Crippen LogP contribution in [-0.4, -0.2) is 132 Å². The summed E-state index contributed by atoms with van der Waals surface area (Å²) in [5.41, 5.74) is 2.04. The Kier molecular flexibility index (Phi) is 22.0. The van der Waals surface area contributed by atoms with E-state index in [9.17, 15) is 24.0 Å². The number of ether oxygens (including phenoxy) is 4. The number of nitrogens with one attached hydrogen (secondary N) is 6. The summed E-state index contributed by atoms with van der Waals surface area (Å²) in [5, 5.41) is 18.2. The second-order valence-corrected chi connectivity index (χ2v) is 16.6. The lowest BCUT2D eigenvalue weighted by molar-refractivity contribution is 0.0389. The van der Waals surface area contributed by atoms with E-state index in [0.29, 0.717) is 108 Å². The van der Waals surface area contributed by atoms with Crippen molar-refractivity contribution in [2.24, 2.45) is 0 Å². The summed E-state index contributed by atoms with van der Waals surface area (Å²) in [6, 6.07) is 19.2. The fourth-order valence-corrected chi connectivity index (χ4v) is 6.89. The van der Waals surface area contributed by atoms with E-state index in [2.05, 4.69) is 36.8 Å². The molecule has 64 heavy (non-hydrogen) atoms. The summed E-state index contributed by atoms with van der Waals surface area (Å²) >= 11 is 0. The van der Waals surface area contributed by atoms with Gasteiger partial charge < -0.3 is 50.8 Å². The third-order valence-corrected chi connectivity index (χ3v) is 10.2. The Bertz CT molecular complexity index is 1940. The van der Waals surface area contributed by atoms with E-state index in [4.69, 9.17) is 18.9 Å². The van der Waals surface area contributed by atoms with Crippen molar-refractivity contribution in [2.45, 2.75) is 78.6 Å². The van der Waals surface area contributed by atoms with Gasteiger partial charge in [0, 0.05) is 82.7 Å². The number of rotatable bonds is 16. The molecule has 0 spiro atoms. The van der Waals surface area contributed by atoms with Crippen molar-refractivity contribution in [2.75, 3.05) is 85.3 Å². The zero-order valence-electron chi connectivity index (χ0n) is 38.3. The fraction of sp³-hybridized carbons (Fsp3) is 0.521. The third-order valence-electron chi connectivity index (χ3n) is 10.2. The number of hydrogen-bond donors (Lipinski definition) is 6. The van der Waals surface area contributed by atoms with Crippen LogP contribution in [0, 0.1) is 6.92 Å². The zero-order valence-corrected chi connectivity index (χ0v) is 38.3. The van der Waals surface area contributed by atoms with Crippen LogP contribution in [0.3, 0.4) is 0 Å². The molecule has 1 unspecified atom stereocenters. The molecule has 1 aliphatic heterocycles. The van der Waals surface area contributed by atoms with Crippen LogP contribution >= 0.6 is 0 Å². The summed E-state index contributed by atoms with van der Waals surface area (Å²) in [7, 11) is 0. The van der Waals surface area contributed by atoms with E-state index in [0.717, 1.165) is 12.0 Å². The lowest BCUT2D eigenvalue weighted by Crippen LogP contribution is -2.44. The van der Waals surface area contributed by atoms with Crippen LogP contribution in [0.5, 0.6) is 5.75 Å². The molecule has 0 fully saturated rings. The van der Waals surface area contributed by atoms with E-state index in [1.165, 1.54) is 0 Å². The second kappa shape index (κ2) is 27.6. The lowest BCUT2D eigenvalue weighted by Gasteiger charge is -2.23. The SMILES string of the molecule is CCCOCCOCCN1CCNC(=O)c2cccc(c2C)C(=O)NCCNCC(CCCCNC(=O)OC(C)(C)C)NC(=O)c2cccc(c2OCc2ccccc2)C(=O)NCC1. The smallest absolute Gasteiger partial charge is 0.407 e. The van der Waals surface area contributed by atoms with Gasteiger partial charge in [0.25, 0.3) is 23.6 Å². The standard InChI is InChI=1S/C48H69N7O9/c1-6-29-61-31-32-62-30-28-55-26-24-51-44(57)39-18-12-17-38(35(39)2)43(56)50-23-22-49-33-37(16-10-11-21-53-47(60)64-48(3,4)5)54-46(59)41-20-13-19-40(45(58)52-25-27-55)42(41)63-34-36-14-8-7-9-15-36/h7-9,12-15,17-20,37,49H,6,10-11,16,21-34H2,1-5H3,(H,50,56)(H,51,57)(H,52,58)(H,53,60)(H,54,59). The molecule has 4 bridgehead atoms. The number of carbonyl (C=O) groups excluding carboxylic acids is 5. The number of amides is 5. The number of alkyl carbamates (subject to hydrolysis) is 1. The maximum absolute atomic E-state index is 14.2. The molecule has 3 aromatic carbocycles. The molecular weight excluding hydrogens is 819 g/mol. The van der Waals surface area contributed by atoms with Gasteiger partial charge in [-0.05, 0) is 88.8 Å². The average molecular weight is 888 g/mol. The van der Waals surface area contributed by atoms with Crippen molar-refractivity contribution in [1.29, 1.82) is 0 Å². The molecule has 0 saturated heterocycles. The lowest BCUT2D eigenvalue weighted by atomic mass is 10.0. The Balaban J connectivity index is 1.57. The quantitative estimate of drug-likeness (QED) is 0.110. The molecule has 4 rings (SSSR count). The first-order valence-corrected chi connectivity index (χ1v) is 22.5. The maximum atomic E-state index is 14.2. The Hall–Kier alpha value is -5.55. The first-order chi connectivity index (χ1) is 30.9. The number of fused-ring (bicyclic) bond motifs is 4. The van der Waals surface area contributed by atoms with Crippen LogP contribution in [0.15, 0.2) is 66.7 Å². The first kappa shape index (κ1) is 51.1. The Labute approximate surface area is 378 Å². The van der Waals surface area contributed by atoms with Crippen molar-refractivity contribution in [3.8, 4) is 5.75 Å². The van der Waals surface area contributed by atoms with Gasteiger partial charge in [0.05, 0.1) is 30.9 Å². The molecule has 1 atom stereocenters. The Morgan fingerprint density at radius 2 is 1.31 bits per heavy atom. The van der Waals surface area contributed by atoms with Crippen LogP contribution < -0.4 is 36.6 Å². The maximum Gasteiger partial charge on any atom is 0.407 e. The van der Waals surface area contributed by atoms with Gasteiger partial charge in [-0.2, -0.15) is 0 Å². The van der Waals surface area contributed by atoms with Crippen LogP contribution in [0.2, 0.25) is 0 Å². The van der Waals surface area contributed by atoms with Crippen LogP contribution in [0.25, 0.3) is 0 Å². The predicted molar refractivity (Wildman–Crippen MR) is 246 cm³/mol. The van der Waals surface area contributed by atoms with Crippen molar-refractivity contribution in [3.05, 3.63) is 100 Å². The topological polar surface area (TPSA) is 198 Å². The number of nitrogens with zero attached hydrogens (tertiary/aromatic N) is 1. The molecule has 0 radical (unpaired) electrons. The zero-order chi connectivity index (χ0) is 46.2. The number of benzene rings is 3. The van der Waals surface area contributed by atoms with Crippen molar-refractivity contribution >= 4 is 29.7 Å². The minimum Gasteiger partial charge on any atom is -0.487 e. The highest BCUT2D eigenvalue weighted by Crippen LogP contribution is 2.26. The second-order valence-electron chi connectivity index (χ2n) is 16.6.